The van der Waals surface area contributed by atoms with Crippen molar-refractivity contribution in [2.24, 2.45) is 0 Å². The van der Waals surface area contributed by atoms with E-state index in [1.807, 2.05) is 0 Å². The van der Waals surface area contributed by atoms with Crippen LogP contribution in [0.3, 0.4) is 0 Å². The summed E-state index contributed by atoms with van der Waals surface area (Å²) in [5.41, 5.74) is -0.660. The van der Waals surface area contributed by atoms with Gasteiger partial charge in [0.15, 0.2) is 0 Å². The summed E-state index contributed by atoms with van der Waals surface area (Å²) >= 11 is 0. The first-order valence-corrected chi connectivity index (χ1v) is 7.83. The third-order valence-electron chi connectivity index (χ3n) is 3.59. The van der Waals surface area contributed by atoms with Crippen LogP contribution in [-0.2, 0) is 23.8 Å². The van der Waals surface area contributed by atoms with Gasteiger partial charge in [0.2, 0.25) is 5.91 Å². The van der Waals surface area contributed by atoms with Gasteiger partial charge in [0.25, 0.3) is 0 Å². The van der Waals surface area contributed by atoms with Crippen molar-refractivity contribution in [3.63, 3.8) is 0 Å². The van der Waals surface area contributed by atoms with Crippen LogP contribution in [0.5, 0.6) is 0 Å². The summed E-state index contributed by atoms with van der Waals surface area (Å²) in [7, 11) is 0. The summed E-state index contributed by atoms with van der Waals surface area (Å²) < 4.78 is 15.8. The number of carbonyl (C=O) groups is 3. The van der Waals surface area contributed by atoms with Gasteiger partial charge >= 0.3 is 12.1 Å². The number of alkyl carbamates (subject to hydrolysis) is 1. The minimum Gasteiger partial charge on any atom is -0.464 e. The highest BCUT2D eigenvalue weighted by atomic mass is 16.6. The van der Waals surface area contributed by atoms with Crippen LogP contribution in [0.1, 0.15) is 40.5 Å². The number of nitrogens with one attached hydrogen (secondary N) is 1. The summed E-state index contributed by atoms with van der Waals surface area (Å²) in [5.74, 6) is -0.785. The molecule has 2 aliphatic heterocycles. The lowest BCUT2D eigenvalue weighted by atomic mass is 10.2. The Morgan fingerprint density at radius 1 is 1.35 bits per heavy atom. The smallest absolute Gasteiger partial charge is 0.408 e. The minimum atomic E-state index is -0.865. The van der Waals surface area contributed by atoms with Crippen LogP contribution in [0.15, 0.2) is 0 Å². The molecule has 130 valence electrons. The van der Waals surface area contributed by atoms with Gasteiger partial charge in [0, 0.05) is 0 Å². The topological polar surface area (TPSA) is 94.2 Å². The number of hydrogen-bond acceptors (Lipinski definition) is 6. The lowest BCUT2D eigenvalue weighted by Crippen LogP contribution is -2.60. The van der Waals surface area contributed by atoms with Crippen molar-refractivity contribution in [1.29, 1.82) is 0 Å². The molecule has 2 heterocycles. The Morgan fingerprint density at radius 3 is 2.65 bits per heavy atom. The minimum absolute atomic E-state index is 0.0643. The highest BCUT2D eigenvalue weighted by Gasteiger charge is 2.48. The number of rotatable bonds is 3. The van der Waals surface area contributed by atoms with Gasteiger partial charge in [-0.1, -0.05) is 0 Å². The number of nitrogens with zero attached hydrogens (tertiary/aromatic N) is 1. The van der Waals surface area contributed by atoms with Gasteiger partial charge in [-0.05, 0) is 40.5 Å². The molecule has 8 heteroatoms. The molecule has 2 aliphatic rings. The molecular weight excluding hydrogens is 304 g/mol. The average Bonchev–Trinajstić information content (AvgIpc) is 2.85. The summed E-state index contributed by atoms with van der Waals surface area (Å²) in [4.78, 5) is 37.8. The molecule has 2 amide bonds. The standard InChI is InChI=1S/C15H24N2O6/c1-5-21-13(19)10-6-7-11-17(10)12(18)9(8-22-11)16-14(20)23-15(2,3)4/h9-11H,5-8H2,1-4H3,(H,16,20)/t9-,10-,11-/m0/s1. The Kier molecular flexibility index (Phi) is 5.13. The van der Waals surface area contributed by atoms with Crippen molar-refractivity contribution in [3.8, 4) is 0 Å². The number of ether oxygens (including phenoxy) is 3. The van der Waals surface area contributed by atoms with Gasteiger partial charge < -0.3 is 24.4 Å². The predicted octanol–water partition coefficient (Wildman–Crippen LogP) is 0.790. The molecule has 0 unspecified atom stereocenters. The summed E-state index contributed by atoms with van der Waals surface area (Å²) in [5, 5.41) is 2.50. The van der Waals surface area contributed by atoms with Crippen molar-refractivity contribution in [3.05, 3.63) is 0 Å². The molecule has 8 nitrogen and oxygen atoms in total. The molecular formula is C15H24N2O6. The van der Waals surface area contributed by atoms with Gasteiger partial charge in [-0.3, -0.25) is 4.79 Å². The lowest BCUT2D eigenvalue weighted by molar-refractivity contribution is -0.172. The number of hydrogen-bond donors (Lipinski definition) is 1. The summed E-state index contributed by atoms with van der Waals surface area (Å²) in [6.45, 7) is 7.24. The first-order chi connectivity index (χ1) is 10.7. The van der Waals surface area contributed by atoms with E-state index in [0.717, 1.165) is 0 Å². The van der Waals surface area contributed by atoms with Crippen molar-refractivity contribution in [2.45, 2.75) is 64.4 Å². The quantitative estimate of drug-likeness (QED) is 0.770. The van der Waals surface area contributed by atoms with Crippen LogP contribution in [0, 0.1) is 0 Å². The van der Waals surface area contributed by atoms with Crippen LogP contribution in [-0.4, -0.2) is 60.0 Å². The van der Waals surface area contributed by atoms with Gasteiger partial charge in [0.1, 0.15) is 23.9 Å². The lowest BCUT2D eigenvalue weighted by Gasteiger charge is -2.37. The Morgan fingerprint density at radius 2 is 2.04 bits per heavy atom. The molecule has 2 saturated heterocycles. The van der Waals surface area contributed by atoms with E-state index < -0.39 is 36.0 Å². The highest BCUT2D eigenvalue weighted by molar-refractivity contribution is 5.91. The molecule has 0 spiro atoms. The molecule has 0 aromatic carbocycles. The first-order valence-electron chi connectivity index (χ1n) is 7.83. The van der Waals surface area contributed by atoms with Crippen molar-refractivity contribution < 1.29 is 28.6 Å². The average molecular weight is 328 g/mol. The van der Waals surface area contributed by atoms with E-state index >= 15 is 0 Å². The summed E-state index contributed by atoms with van der Waals surface area (Å²) in [6.07, 6.45) is -0.0543. The molecule has 2 rings (SSSR count). The molecule has 1 N–H and O–H groups in total. The highest BCUT2D eigenvalue weighted by Crippen LogP contribution is 2.30. The molecule has 0 aromatic heterocycles. The zero-order valence-corrected chi connectivity index (χ0v) is 14.0. The van der Waals surface area contributed by atoms with E-state index in [1.54, 1.807) is 27.7 Å². The van der Waals surface area contributed by atoms with E-state index in [0.29, 0.717) is 12.8 Å². The second kappa shape index (κ2) is 6.74. The van der Waals surface area contributed by atoms with Crippen LogP contribution >= 0.6 is 0 Å². The Balaban J connectivity index is 2.02. The summed E-state index contributed by atoms with van der Waals surface area (Å²) in [6, 6.07) is -1.52. The van der Waals surface area contributed by atoms with E-state index in [9.17, 15) is 14.4 Å². The van der Waals surface area contributed by atoms with Crippen LogP contribution in [0.2, 0.25) is 0 Å². The molecule has 2 fully saturated rings. The van der Waals surface area contributed by atoms with Gasteiger partial charge in [-0.25, -0.2) is 9.59 Å². The number of amides is 2. The van der Waals surface area contributed by atoms with Gasteiger partial charge in [-0.2, -0.15) is 0 Å². The van der Waals surface area contributed by atoms with E-state index in [4.69, 9.17) is 14.2 Å². The maximum absolute atomic E-state index is 12.6. The van der Waals surface area contributed by atoms with Gasteiger partial charge in [-0.15, -0.1) is 0 Å². The zero-order chi connectivity index (χ0) is 17.2. The van der Waals surface area contributed by atoms with Crippen molar-refractivity contribution in [1.82, 2.24) is 10.2 Å². The molecule has 0 bridgehead atoms. The van der Waals surface area contributed by atoms with E-state index in [-0.39, 0.29) is 19.1 Å². The Hall–Kier alpha value is -1.83. The largest absolute Gasteiger partial charge is 0.464 e. The third kappa shape index (κ3) is 4.13. The SMILES string of the molecule is CCOC(=O)[C@@H]1CC[C@@H]2OC[C@H](NC(=O)OC(C)(C)C)C(=O)N21. The number of esters is 1. The van der Waals surface area contributed by atoms with Crippen LogP contribution < -0.4 is 5.32 Å². The molecule has 23 heavy (non-hydrogen) atoms. The third-order valence-corrected chi connectivity index (χ3v) is 3.59. The fourth-order valence-electron chi connectivity index (χ4n) is 2.72. The van der Waals surface area contributed by atoms with Crippen molar-refractivity contribution in [2.75, 3.05) is 13.2 Å². The first kappa shape index (κ1) is 17.5. The maximum atomic E-state index is 12.6. The fraction of sp³-hybridized carbons (Fsp3) is 0.800. The molecule has 0 aliphatic carbocycles. The van der Waals surface area contributed by atoms with Crippen molar-refractivity contribution >= 4 is 18.0 Å². The Labute approximate surface area is 135 Å². The monoisotopic (exact) mass is 328 g/mol. The molecule has 0 saturated carbocycles. The van der Waals surface area contributed by atoms with E-state index in [1.165, 1.54) is 4.90 Å². The molecule has 0 aromatic rings. The number of fused-ring (bicyclic) bond motifs is 1. The second-order valence-corrected chi connectivity index (χ2v) is 6.58. The van der Waals surface area contributed by atoms with Gasteiger partial charge in [0.05, 0.1) is 13.2 Å². The Bertz CT molecular complexity index is 487. The second-order valence-electron chi connectivity index (χ2n) is 6.58. The molecule has 0 radical (unpaired) electrons. The van der Waals surface area contributed by atoms with Crippen LogP contribution in [0.25, 0.3) is 0 Å². The maximum Gasteiger partial charge on any atom is 0.408 e. The number of carbonyl (C=O) groups excluding carboxylic acids is 3. The van der Waals surface area contributed by atoms with E-state index in [2.05, 4.69) is 5.32 Å². The molecule has 3 atom stereocenters. The fourth-order valence-corrected chi connectivity index (χ4v) is 2.72. The zero-order valence-electron chi connectivity index (χ0n) is 14.0. The predicted molar refractivity (Wildman–Crippen MR) is 79.4 cm³/mol. The normalized spacial score (nSPS) is 27.4. The van der Waals surface area contributed by atoms with Crippen LogP contribution in [0.4, 0.5) is 4.79 Å².